The van der Waals surface area contributed by atoms with E-state index in [1.54, 1.807) is 17.1 Å². The predicted octanol–water partition coefficient (Wildman–Crippen LogP) is 2.40. The number of amides is 1. The van der Waals surface area contributed by atoms with Crippen LogP contribution in [-0.4, -0.2) is 44.8 Å². The van der Waals surface area contributed by atoms with Gasteiger partial charge in [-0.05, 0) is 38.3 Å². The number of nitrogens with two attached hydrogens (primary N) is 2. The van der Waals surface area contributed by atoms with E-state index in [1.165, 1.54) is 11.3 Å². The van der Waals surface area contributed by atoms with Crippen molar-refractivity contribution < 1.29 is 4.79 Å². The van der Waals surface area contributed by atoms with Gasteiger partial charge >= 0.3 is 0 Å². The van der Waals surface area contributed by atoms with Crippen molar-refractivity contribution >= 4 is 33.8 Å². The van der Waals surface area contributed by atoms with E-state index in [0.29, 0.717) is 15.7 Å². The number of hydrogen-bond donors (Lipinski definition) is 3. The molecule has 0 aromatic carbocycles. The Morgan fingerprint density at radius 1 is 1.33 bits per heavy atom. The molecule has 0 saturated carbocycles. The lowest BCUT2D eigenvalue weighted by atomic mass is 10.1. The van der Waals surface area contributed by atoms with Gasteiger partial charge < -0.3 is 21.7 Å². The summed E-state index contributed by atoms with van der Waals surface area (Å²) in [5, 5.41) is 8.35. The third kappa shape index (κ3) is 4.01. The van der Waals surface area contributed by atoms with Gasteiger partial charge in [0.25, 0.3) is 5.91 Å². The van der Waals surface area contributed by atoms with Crippen molar-refractivity contribution in [3.05, 3.63) is 35.9 Å². The standard InChI is InChI=1S/C20H26N8OS/c1-12-14(6-3-8-23-12)19-26-16(17(22)30-19)18(29)25-15-11-24-27(2)20(15)28-9-4-5-13(21)7-10-28/h3,6,8,11,13H,4-5,7,9-10,21-22H2,1-2H3,(H,25,29)/t13-/m0/s1. The molecule has 9 nitrogen and oxygen atoms in total. The van der Waals surface area contributed by atoms with E-state index >= 15 is 0 Å². The number of hydrogen-bond acceptors (Lipinski definition) is 8. The van der Waals surface area contributed by atoms with Gasteiger partial charge in [-0.1, -0.05) is 11.3 Å². The van der Waals surface area contributed by atoms with E-state index in [-0.39, 0.29) is 17.6 Å². The first-order valence-electron chi connectivity index (χ1n) is 9.96. The Labute approximate surface area is 179 Å². The summed E-state index contributed by atoms with van der Waals surface area (Å²) in [4.78, 5) is 24.0. The highest BCUT2D eigenvalue weighted by atomic mass is 32.1. The monoisotopic (exact) mass is 426 g/mol. The Hall–Kier alpha value is -2.98. The highest BCUT2D eigenvalue weighted by Gasteiger charge is 2.24. The SMILES string of the molecule is Cc1ncccc1-c1nc(C(=O)Nc2cnn(C)c2N2CCC[C@H](N)CC2)c(N)s1. The van der Waals surface area contributed by atoms with Crippen molar-refractivity contribution in [1.82, 2.24) is 19.7 Å². The van der Waals surface area contributed by atoms with E-state index in [0.717, 1.165) is 49.4 Å². The summed E-state index contributed by atoms with van der Waals surface area (Å²) in [6, 6.07) is 3.98. The summed E-state index contributed by atoms with van der Waals surface area (Å²) >= 11 is 1.28. The maximum atomic E-state index is 13.0. The van der Waals surface area contributed by atoms with Crippen LogP contribution < -0.4 is 21.7 Å². The largest absolute Gasteiger partial charge is 0.389 e. The molecule has 1 aliphatic rings. The van der Waals surface area contributed by atoms with Crippen LogP contribution in [0.1, 0.15) is 35.4 Å². The predicted molar refractivity (Wildman–Crippen MR) is 120 cm³/mol. The molecule has 5 N–H and O–H groups in total. The van der Waals surface area contributed by atoms with Crippen molar-refractivity contribution in [3.8, 4) is 10.6 Å². The van der Waals surface area contributed by atoms with E-state index in [4.69, 9.17) is 11.5 Å². The number of thiazole rings is 1. The average Bonchev–Trinajstić information content (AvgIpc) is 3.20. The lowest BCUT2D eigenvalue weighted by molar-refractivity contribution is 0.102. The number of aromatic nitrogens is 4. The van der Waals surface area contributed by atoms with Gasteiger partial charge in [-0.3, -0.25) is 14.5 Å². The molecule has 0 unspecified atom stereocenters. The molecule has 1 fully saturated rings. The summed E-state index contributed by atoms with van der Waals surface area (Å²) in [7, 11) is 1.87. The van der Waals surface area contributed by atoms with Crippen LogP contribution in [0.2, 0.25) is 0 Å². The molecular formula is C20H26N8OS. The first-order valence-corrected chi connectivity index (χ1v) is 10.8. The summed E-state index contributed by atoms with van der Waals surface area (Å²) in [5.74, 6) is 0.520. The van der Waals surface area contributed by atoms with Gasteiger partial charge in [0.2, 0.25) is 0 Å². The fraction of sp³-hybridized carbons (Fsp3) is 0.400. The van der Waals surface area contributed by atoms with Crippen LogP contribution in [0.25, 0.3) is 10.6 Å². The molecule has 158 valence electrons. The third-order valence-electron chi connectivity index (χ3n) is 5.33. The number of nitrogens with zero attached hydrogens (tertiary/aromatic N) is 5. The number of nitrogen functional groups attached to an aromatic ring is 1. The van der Waals surface area contributed by atoms with Crippen LogP contribution in [0.15, 0.2) is 24.5 Å². The molecule has 30 heavy (non-hydrogen) atoms. The normalized spacial score (nSPS) is 17.0. The summed E-state index contributed by atoms with van der Waals surface area (Å²) in [5.41, 5.74) is 14.8. The molecule has 0 radical (unpaired) electrons. The maximum Gasteiger partial charge on any atom is 0.277 e. The molecule has 10 heteroatoms. The van der Waals surface area contributed by atoms with E-state index in [9.17, 15) is 4.79 Å². The number of carbonyl (C=O) groups excluding carboxylic acids is 1. The summed E-state index contributed by atoms with van der Waals surface area (Å²) in [6.07, 6.45) is 6.30. The summed E-state index contributed by atoms with van der Waals surface area (Å²) < 4.78 is 1.78. The van der Waals surface area contributed by atoms with Gasteiger partial charge in [0, 0.05) is 43.6 Å². The molecule has 1 amide bonds. The number of anilines is 3. The molecule has 0 bridgehead atoms. The highest BCUT2D eigenvalue weighted by molar-refractivity contribution is 7.19. The van der Waals surface area contributed by atoms with Crippen molar-refractivity contribution in [3.63, 3.8) is 0 Å². The Bertz CT molecular complexity index is 1060. The Balaban J connectivity index is 1.58. The van der Waals surface area contributed by atoms with Crippen LogP contribution in [0.3, 0.4) is 0 Å². The van der Waals surface area contributed by atoms with Gasteiger partial charge in [-0.2, -0.15) is 5.10 Å². The lowest BCUT2D eigenvalue weighted by Gasteiger charge is -2.24. The number of nitrogens with one attached hydrogen (secondary N) is 1. The smallest absolute Gasteiger partial charge is 0.277 e. The lowest BCUT2D eigenvalue weighted by Crippen LogP contribution is -2.29. The second kappa shape index (κ2) is 8.41. The van der Waals surface area contributed by atoms with E-state index in [2.05, 4.69) is 25.3 Å². The van der Waals surface area contributed by atoms with Crippen LogP contribution in [0.4, 0.5) is 16.5 Å². The zero-order valence-corrected chi connectivity index (χ0v) is 17.9. The zero-order chi connectivity index (χ0) is 21.3. The van der Waals surface area contributed by atoms with Crippen LogP contribution >= 0.6 is 11.3 Å². The second-order valence-electron chi connectivity index (χ2n) is 7.51. The minimum Gasteiger partial charge on any atom is -0.389 e. The van der Waals surface area contributed by atoms with Crippen LogP contribution in [-0.2, 0) is 7.05 Å². The van der Waals surface area contributed by atoms with E-state index < -0.39 is 0 Å². The van der Waals surface area contributed by atoms with E-state index in [1.807, 2.05) is 26.1 Å². The molecular weight excluding hydrogens is 400 g/mol. The molecule has 1 saturated heterocycles. The number of aryl methyl sites for hydroxylation is 2. The van der Waals surface area contributed by atoms with Crippen molar-refractivity contribution in [2.24, 2.45) is 12.8 Å². The third-order valence-corrected chi connectivity index (χ3v) is 6.25. The molecule has 1 atom stereocenters. The fourth-order valence-electron chi connectivity index (χ4n) is 3.73. The molecule has 4 rings (SSSR count). The molecule has 3 aromatic rings. The molecule has 3 aromatic heterocycles. The van der Waals surface area contributed by atoms with Crippen molar-refractivity contribution in [1.29, 1.82) is 0 Å². The first-order chi connectivity index (χ1) is 14.4. The molecule has 1 aliphatic heterocycles. The zero-order valence-electron chi connectivity index (χ0n) is 17.1. The second-order valence-corrected chi connectivity index (χ2v) is 8.54. The van der Waals surface area contributed by atoms with Gasteiger partial charge in [-0.25, -0.2) is 4.98 Å². The topological polar surface area (TPSA) is 128 Å². The van der Waals surface area contributed by atoms with Crippen LogP contribution in [0.5, 0.6) is 0 Å². The van der Waals surface area contributed by atoms with Crippen LogP contribution in [0, 0.1) is 6.92 Å². The minimum atomic E-state index is -0.350. The Morgan fingerprint density at radius 3 is 2.97 bits per heavy atom. The van der Waals surface area contributed by atoms with Gasteiger partial charge in [0.15, 0.2) is 11.5 Å². The van der Waals surface area contributed by atoms with Gasteiger partial charge in [-0.15, -0.1) is 0 Å². The maximum absolute atomic E-state index is 13.0. The van der Waals surface area contributed by atoms with Crippen molar-refractivity contribution in [2.45, 2.75) is 32.2 Å². The average molecular weight is 427 g/mol. The number of rotatable bonds is 4. The number of pyridine rings is 1. The Morgan fingerprint density at radius 2 is 2.17 bits per heavy atom. The number of carbonyl (C=O) groups is 1. The van der Waals surface area contributed by atoms with Gasteiger partial charge in [0.1, 0.15) is 15.7 Å². The Kier molecular flexibility index (Phi) is 5.69. The van der Waals surface area contributed by atoms with Gasteiger partial charge in [0.05, 0.1) is 6.20 Å². The molecule has 0 aliphatic carbocycles. The minimum absolute atomic E-state index is 0.213. The highest BCUT2D eigenvalue weighted by Crippen LogP contribution is 2.33. The molecule has 0 spiro atoms. The molecule has 4 heterocycles. The first kappa shape index (κ1) is 20.3. The summed E-state index contributed by atoms with van der Waals surface area (Å²) in [6.45, 7) is 3.61. The van der Waals surface area contributed by atoms with Crippen molar-refractivity contribution in [2.75, 3.05) is 29.0 Å². The quantitative estimate of drug-likeness (QED) is 0.584. The fourth-order valence-corrected chi connectivity index (χ4v) is 4.64.